The van der Waals surface area contributed by atoms with Crippen molar-refractivity contribution in [1.82, 2.24) is 0 Å². The molecule has 0 saturated carbocycles. The molecule has 1 fully saturated rings. The summed E-state index contributed by atoms with van der Waals surface area (Å²) in [5.41, 5.74) is 7.22. The molecule has 0 unspecified atom stereocenters. The summed E-state index contributed by atoms with van der Waals surface area (Å²) in [5, 5.41) is 14.0. The number of azide groups is 1. The summed E-state index contributed by atoms with van der Waals surface area (Å²) in [6, 6.07) is 32.8. The van der Waals surface area contributed by atoms with Crippen molar-refractivity contribution in [1.29, 1.82) is 5.26 Å². The van der Waals surface area contributed by atoms with E-state index in [4.69, 9.17) is 23.7 Å². The maximum atomic E-state index is 13.5. The molecule has 0 N–H and O–H groups in total. The lowest BCUT2D eigenvalue weighted by Gasteiger charge is -2.46. The molecular formula is C35H26N4O9. The SMILES string of the molecule is N#C[C@@]1(N=[N+]=[N-])O[C@H](COC(=O)c2ccccc2)[C@@H](OC(=O)c2ccccc2)[C@H](OC(=O)c2ccccc2)[C@H]1OC(=O)c1ccccc1. The lowest BCUT2D eigenvalue weighted by molar-refractivity contribution is -0.251. The molecule has 1 saturated heterocycles. The maximum absolute atomic E-state index is 13.5. The molecule has 4 aromatic rings. The van der Waals surface area contributed by atoms with Gasteiger partial charge in [-0.15, -0.1) is 0 Å². The van der Waals surface area contributed by atoms with Crippen molar-refractivity contribution in [2.24, 2.45) is 5.11 Å². The number of ether oxygens (including phenoxy) is 5. The average Bonchev–Trinajstić information content (AvgIpc) is 3.14. The Balaban J connectivity index is 1.60. The second-order valence-electron chi connectivity index (χ2n) is 10.3. The van der Waals surface area contributed by atoms with Crippen LogP contribution in [0.5, 0.6) is 0 Å². The Kier molecular flexibility index (Phi) is 10.4. The van der Waals surface area contributed by atoms with E-state index in [2.05, 4.69) is 10.0 Å². The van der Waals surface area contributed by atoms with Gasteiger partial charge in [0, 0.05) is 4.91 Å². The van der Waals surface area contributed by atoms with Gasteiger partial charge in [-0.3, -0.25) is 0 Å². The first-order valence-corrected chi connectivity index (χ1v) is 14.5. The minimum atomic E-state index is -2.69. The first-order valence-electron chi connectivity index (χ1n) is 14.5. The van der Waals surface area contributed by atoms with E-state index in [-0.39, 0.29) is 22.3 Å². The van der Waals surface area contributed by atoms with Gasteiger partial charge in [-0.05, 0) is 59.2 Å². The van der Waals surface area contributed by atoms with Crippen LogP contribution in [-0.4, -0.2) is 60.6 Å². The fraction of sp³-hybridized carbons (Fsp3) is 0.171. The molecule has 0 aromatic heterocycles. The van der Waals surface area contributed by atoms with Crippen LogP contribution in [-0.2, 0) is 23.7 Å². The molecule has 13 nitrogen and oxygen atoms in total. The van der Waals surface area contributed by atoms with Crippen LogP contribution >= 0.6 is 0 Å². The van der Waals surface area contributed by atoms with Gasteiger partial charge in [-0.2, -0.15) is 5.26 Å². The Morgan fingerprint density at radius 1 is 0.667 bits per heavy atom. The summed E-state index contributed by atoms with van der Waals surface area (Å²) < 4.78 is 28.9. The molecule has 1 aliphatic heterocycles. The summed E-state index contributed by atoms with van der Waals surface area (Å²) >= 11 is 0. The Morgan fingerprint density at radius 2 is 1.06 bits per heavy atom. The predicted octanol–water partition coefficient (Wildman–Crippen LogP) is 5.45. The summed E-state index contributed by atoms with van der Waals surface area (Å²) in [7, 11) is 0. The van der Waals surface area contributed by atoms with Crippen LogP contribution in [0.3, 0.4) is 0 Å². The Labute approximate surface area is 273 Å². The van der Waals surface area contributed by atoms with Gasteiger partial charge in [0.2, 0.25) is 0 Å². The summed E-state index contributed by atoms with van der Waals surface area (Å²) in [4.78, 5) is 56.0. The standard InChI is InChI=1S/C35H26N4O9/c36-22-35(38-39-37)30(47-34(43)26-19-11-4-12-20-26)29(46-33(42)25-17-9-3-10-18-25)28(45-32(41)24-15-7-2-8-16-24)27(48-35)21-44-31(40)23-13-5-1-6-14-23/h1-20,27-30H,21H2/t27-,28-,29+,30-,35-/m1/s1. The largest absolute Gasteiger partial charge is 0.459 e. The molecule has 4 aromatic carbocycles. The molecule has 0 aliphatic carbocycles. The van der Waals surface area contributed by atoms with Crippen molar-refractivity contribution < 1.29 is 42.9 Å². The molecule has 240 valence electrons. The maximum Gasteiger partial charge on any atom is 0.338 e. The number of hydrogen-bond acceptors (Lipinski definition) is 11. The van der Waals surface area contributed by atoms with Crippen LogP contribution in [0.4, 0.5) is 0 Å². The molecule has 0 amide bonds. The van der Waals surface area contributed by atoms with E-state index in [0.717, 1.165) is 0 Å². The number of carbonyl (C=O) groups excluding carboxylic acids is 4. The van der Waals surface area contributed by atoms with Crippen LogP contribution in [0.1, 0.15) is 41.4 Å². The van der Waals surface area contributed by atoms with Gasteiger partial charge in [0.1, 0.15) is 18.8 Å². The number of rotatable bonds is 10. The van der Waals surface area contributed by atoms with Crippen molar-refractivity contribution in [2.45, 2.75) is 30.1 Å². The number of hydrogen-bond donors (Lipinski definition) is 0. The van der Waals surface area contributed by atoms with Gasteiger partial charge >= 0.3 is 23.9 Å². The minimum Gasteiger partial charge on any atom is -0.459 e. The van der Waals surface area contributed by atoms with Crippen molar-refractivity contribution in [2.75, 3.05) is 6.61 Å². The second kappa shape index (κ2) is 15.2. The zero-order valence-corrected chi connectivity index (χ0v) is 25.0. The van der Waals surface area contributed by atoms with Gasteiger partial charge in [0.15, 0.2) is 18.3 Å². The zero-order chi connectivity index (χ0) is 33.9. The van der Waals surface area contributed by atoms with Gasteiger partial charge in [-0.1, -0.05) is 72.8 Å². The van der Waals surface area contributed by atoms with Crippen molar-refractivity contribution in [3.8, 4) is 6.07 Å². The van der Waals surface area contributed by atoms with Crippen molar-refractivity contribution in [3.05, 3.63) is 154 Å². The molecule has 1 aliphatic rings. The Bertz CT molecular complexity index is 1850. The predicted molar refractivity (Wildman–Crippen MR) is 166 cm³/mol. The fourth-order valence-corrected chi connectivity index (χ4v) is 4.88. The van der Waals surface area contributed by atoms with E-state index in [1.807, 2.05) is 0 Å². The molecule has 0 spiro atoms. The first kappa shape index (κ1) is 32.9. The fourth-order valence-electron chi connectivity index (χ4n) is 4.88. The summed E-state index contributed by atoms with van der Waals surface area (Å²) in [5.74, 6) is -3.67. The molecule has 0 radical (unpaired) electrons. The van der Waals surface area contributed by atoms with Crippen LogP contribution in [0, 0.1) is 11.3 Å². The van der Waals surface area contributed by atoms with Crippen LogP contribution in [0.15, 0.2) is 126 Å². The normalized spacial score (nSPS) is 21.3. The second-order valence-corrected chi connectivity index (χ2v) is 10.3. The molecule has 5 atom stereocenters. The zero-order valence-electron chi connectivity index (χ0n) is 25.0. The van der Waals surface area contributed by atoms with Gasteiger partial charge in [0.05, 0.1) is 22.3 Å². The highest BCUT2D eigenvalue weighted by atomic mass is 16.7. The van der Waals surface area contributed by atoms with E-state index >= 15 is 0 Å². The molecule has 0 bridgehead atoms. The highest BCUT2D eigenvalue weighted by Crippen LogP contribution is 2.38. The summed E-state index contributed by atoms with van der Waals surface area (Å²) in [6.45, 7) is -0.677. The lowest BCUT2D eigenvalue weighted by Crippen LogP contribution is -2.67. The van der Waals surface area contributed by atoms with Crippen LogP contribution in [0.2, 0.25) is 0 Å². The molecule has 1 heterocycles. The highest BCUT2D eigenvalue weighted by molar-refractivity contribution is 5.91. The smallest absolute Gasteiger partial charge is 0.338 e. The average molecular weight is 647 g/mol. The molecular weight excluding hydrogens is 620 g/mol. The number of carbonyl (C=O) groups is 4. The van der Waals surface area contributed by atoms with Gasteiger partial charge in [0.25, 0.3) is 5.72 Å². The summed E-state index contributed by atoms with van der Waals surface area (Å²) in [6.07, 6.45) is -7.10. The number of nitriles is 1. The topological polar surface area (TPSA) is 187 Å². The number of esters is 4. The van der Waals surface area contributed by atoms with Gasteiger partial charge < -0.3 is 23.7 Å². The van der Waals surface area contributed by atoms with Crippen LogP contribution < -0.4 is 0 Å². The third-order valence-corrected chi connectivity index (χ3v) is 7.20. The van der Waals surface area contributed by atoms with E-state index in [0.29, 0.717) is 0 Å². The van der Waals surface area contributed by atoms with E-state index in [1.165, 1.54) is 48.5 Å². The van der Waals surface area contributed by atoms with E-state index < -0.39 is 60.6 Å². The first-order chi connectivity index (χ1) is 23.3. The lowest BCUT2D eigenvalue weighted by atomic mass is 9.90. The van der Waals surface area contributed by atoms with Crippen LogP contribution in [0.25, 0.3) is 10.4 Å². The number of benzene rings is 4. The van der Waals surface area contributed by atoms with Crippen molar-refractivity contribution >= 4 is 23.9 Å². The van der Waals surface area contributed by atoms with Crippen molar-refractivity contribution in [3.63, 3.8) is 0 Å². The van der Waals surface area contributed by atoms with E-state index in [9.17, 15) is 30.0 Å². The third-order valence-electron chi connectivity index (χ3n) is 7.20. The monoisotopic (exact) mass is 646 g/mol. The molecule has 5 rings (SSSR count). The molecule has 48 heavy (non-hydrogen) atoms. The Hall–Kier alpha value is -6.48. The Morgan fingerprint density at radius 3 is 1.48 bits per heavy atom. The third kappa shape index (κ3) is 7.48. The van der Waals surface area contributed by atoms with Gasteiger partial charge in [-0.25, -0.2) is 19.2 Å². The molecule has 13 heteroatoms. The minimum absolute atomic E-state index is 0.0372. The number of nitrogens with zero attached hydrogens (tertiary/aromatic N) is 4. The highest BCUT2D eigenvalue weighted by Gasteiger charge is 2.61. The quantitative estimate of drug-likeness (QED) is 0.0705. The van der Waals surface area contributed by atoms with E-state index in [1.54, 1.807) is 78.9 Å².